The van der Waals surface area contributed by atoms with E-state index in [-0.39, 0.29) is 18.0 Å². The van der Waals surface area contributed by atoms with E-state index in [2.05, 4.69) is 0 Å². The van der Waals surface area contributed by atoms with Gasteiger partial charge in [-0.15, -0.1) is 0 Å². The Bertz CT molecular complexity index is 509. The summed E-state index contributed by atoms with van der Waals surface area (Å²) >= 11 is 0. The predicted octanol–water partition coefficient (Wildman–Crippen LogP) is 2.72. The SMILES string of the molecule is COc1c(F)cc2c(c1C1(CN)CCCCC1)OCO2. The van der Waals surface area contributed by atoms with Crippen molar-refractivity contribution >= 4 is 0 Å². The molecule has 2 aliphatic rings. The summed E-state index contributed by atoms with van der Waals surface area (Å²) in [5.74, 6) is 0.902. The molecule has 0 amide bonds. The number of halogens is 1. The van der Waals surface area contributed by atoms with Crippen molar-refractivity contribution in [3.05, 3.63) is 17.4 Å². The highest BCUT2D eigenvalue weighted by Gasteiger charge is 2.41. The van der Waals surface area contributed by atoms with Gasteiger partial charge < -0.3 is 19.9 Å². The van der Waals surface area contributed by atoms with E-state index in [0.717, 1.165) is 31.2 Å². The summed E-state index contributed by atoms with van der Waals surface area (Å²) in [6, 6.07) is 1.33. The molecule has 0 saturated heterocycles. The molecule has 0 spiro atoms. The second-order valence-corrected chi connectivity index (χ2v) is 5.55. The average molecular weight is 281 g/mol. The highest BCUT2D eigenvalue weighted by atomic mass is 19.1. The predicted molar refractivity (Wildman–Crippen MR) is 72.9 cm³/mol. The van der Waals surface area contributed by atoms with Gasteiger partial charge in [0.15, 0.2) is 23.1 Å². The van der Waals surface area contributed by atoms with E-state index in [1.807, 2.05) is 0 Å². The molecule has 0 bridgehead atoms. The maximum absolute atomic E-state index is 14.3. The standard InChI is InChI=1S/C15H20FNO3/c1-18-13-10(16)7-11-14(20-9-19-11)12(13)15(8-17)5-3-2-4-6-15/h7H,2-6,8-9,17H2,1H3. The smallest absolute Gasteiger partial charge is 0.231 e. The van der Waals surface area contributed by atoms with E-state index in [9.17, 15) is 4.39 Å². The lowest BCUT2D eigenvalue weighted by molar-refractivity contribution is 0.170. The molecule has 1 saturated carbocycles. The summed E-state index contributed by atoms with van der Waals surface area (Å²) in [6.45, 7) is 0.582. The van der Waals surface area contributed by atoms with Crippen molar-refractivity contribution in [2.45, 2.75) is 37.5 Å². The van der Waals surface area contributed by atoms with Crippen molar-refractivity contribution in [2.24, 2.45) is 5.73 Å². The van der Waals surface area contributed by atoms with Crippen molar-refractivity contribution in [1.82, 2.24) is 0 Å². The summed E-state index contributed by atoms with van der Waals surface area (Å²) in [6.07, 6.45) is 5.23. The molecule has 1 heterocycles. The van der Waals surface area contributed by atoms with Gasteiger partial charge in [-0.25, -0.2) is 4.39 Å². The van der Waals surface area contributed by atoms with Crippen LogP contribution in [0.1, 0.15) is 37.7 Å². The second-order valence-electron chi connectivity index (χ2n) is 5.55. The van der Waals surface area contributed by atoms with Crippen LogP contribution in [0.15, 0.2) is 6.07 Å². The van der Waals surface area contributed by atoms with Crippen molar-refractivity contribution in [1.29, 1.82) is 0 Å². The Morgan fingerprint density at radius 3 is 2.70 bits per heavy atom. The minimum absolute atomic E-state index is 0.121. The lowest BCUT2D eigenvalue weighted by Crippen LogP contribution is -2.38. The van der Waals surface area contributed by atoms with Gasteiger partial charge in [-0.3, -0.25) is 0 Å². The first-order chi connectivity index (χ1) is 9.72. The number of hydrogen-bond acceptors (Lipinski definition) is 4. The molecule has 5 heteroatoms. The Kier molecular flexibility index (Phi) is 3.46. The number of hydrogen-bond donors (Lipinski definition) is 1. The Labute approximate surface area is 118 Å². The van der Waals surface area contributed by atoms with Crippen LogP contribution in [0.25, 0.3) is 0 Å². The van der Waals surface area contributed by atoms with Crippen LogP contribution in [0.2, 0.25) is 0 Å². The maximum atomic E-state index is 14.3. The van der Waals surface area contributed by atoms with Crippen LogP contribution in [0, 0.1) is 5.82 Å². The van der Waals surface area contributed by atoms with Gasteiger partial charge >= 0.3 is 0 Å². The number of fused-ring (bicyclic) bond motifs is 1. The van der Waals surface area contributed by atoms with Crippen molar-refractivity contribution in [3.8, 4) is 17.2 Å². The zero-order chi connectivity index (χ0) is 14.2. The summed E-state index contributed by atoms with van der Waals surface area (Å²) in [5, 5.41) is 0. The number of rotatable bonds is 3. The molecule has 0 atom stereocenters. The molecule has 1 fully saturated rings. The minimum atomic E-state index is -0.412. The summed E-state index contributed by atoms with van der Waals surface area (Å²) in [5.41, 5.74) is 6.55. The highest BCUT2D eigenvalue weighted by Crippen LogP contribution is 2.52. The zero-order valence-corrected chi connectivity index (χ0v) is 11.7. The fourth-order valence-corrected chi connectivity index (χ4v) is 3.46. The fourth-order valence-electron chi connectivity index (χ4n) is 3.46. The zero-order valence-electron chi connectivity index (χ0n) is 11.7. The maximum Gasteiger partial charge on any atom is 0.231 e. The number of ether oxygens (including phenoxy) is 3. The Morgan fingerprint density at radius 2 is 2.05 bits per heavy atom. The second kappa shape index (κ2) is 5.13. The summed E-state index contributed by atoms with van der Waals surface area (Å²) in [4.78, 5) is 0. The molecular weight excluding hydrogens is 261 g/mol. The van der Waals surface area contributed by atoms with Crippen LogP contribution < -0.4 is 19.9 Å². The van der Waals surface area contributed by atoms with Gasteiger partial charge in [0.2, 0.25) is 6.79 Å². The Hall–Kier alpha value is -1.49. The first-order valence-corrected chi connectivity index (χ1v) is 7.08. The molecule has 1 aromatic carbocycles. The van der Waals surface area contributed by atoms with E-state index in [4.69, 9.17) is 19.9 Å². The van der Waals surface area contributed by atoms with Crippen LogP contribution in [0.3, 0.4) is 0 Å². The third-order valence-electron chi connectivity index (χ3n) is 4.51. The quantitative estimate of drug-likeness (QED) is 0.925. The van der Waals surface area contributed by atoms with Gasteiger partial charge in [0.05, 0.1) is 12.7 Å². The highest BCUT2D eigenvalue weighted by molar-refractivity contribution is 5.59. The summed E-state index contributed by atoms with van der Waals surface area (Å²) in [7, 11) is 1.48. The summed E-state index contributed by atoms with van der Waals surface area (Å²) < 4.78 is 30.5. The van der Waals surface area contributed by atoms with E-state index < -0.39 is 5.82 Å². The van der Waals surface area contributed by atoms with Gasteiger partial charge in [0.1, 0.15) is 0 Å². The lowest BCUT2D eigenvalue weighted by atomic mass is 9.68. The van der Waals surface area contributed by atoms with Crippen LogP contribution in [0.4, 0.5) is 4.39 Å². The average Bonchev–Trinajstić information content (AvgIpc) is 2.94. The topological polar surface area (TPSA) is 53.7 Å². The number of methoxy groups -OCH3 is 1. The monoisotopic (exact) mass is 281 g/mol. The fraction of sp³-hybridized carbons (Fsp3) is 0.600. The van der Waals surface area contributed by atoms with Gasteiger partial charge in [0, 0.05) is 18.0 Å². The lowest BCUT2D eigenvalue weighted by Gasteiger charge is -2.38. The largest absolute Gasteiger partial charge is 0.493 e. The molecule has 1 aliphatic heterocycles. The van der Waals surface area contributed by atoms with Crippen molar-refractivity contribution in [3.63, 3.8) is 0 Å². The van der Waals surface area contributed by atoms with Crippen LogP contribution in [-0.4, -0.2) is 20.4 Å². The normalized spacial score (nSPS) is 19.9. The van der Waals surface area contributed by atoms with Crippen molar-refractivity contribution in [2.75, 3.05) is 20.4 Å². The van der Waals surface area contributed by atoms with Crippen LogP contribution in [-0.2, 0) is 5.41 Å². The van der Waals surface area contributed by atoms with E-state index >= 15 is 0 Å². The van der Waals surface area contributed by atoms with Crippen LogP contribution in [0.5, 0.6) is 17.2 Å². The first kappa shape index (κ1) is 13.5. The molecule has 0 aromatic heterocycles. The van der Waals surface area contributed by atoms with Crippen LogP contribution >= 0.6 is 0 Å². The van der Waals surface area contributed by atoms with Gasteiger partial charge in [-0.1, -0.05) is 19.3 Å². The number of benzene rings is 1. The minimum Gasteiger partial charge on any atom is -0.493 e. The molecule has 1 aliphatic carbocycles. The molecule has 2 N–H and O–H groups in total. The molecule has 0 radical (unpaired) electrons. The van der Waals surface area contributed by atoms with Crippen molar-refractivity contribution < 1.29 is 18.6 Å². The molecule has 20 heavy (non-hydrogen) atoms. The number of nitrogens with two attached hydrogens (primary N) is 1. The van der Waals surface area contributed by atoms with E-state index in [1.165, 1.54) is 19.6 Å². The van der Waals surface area contributed by atoms with Gasteiger partial charge in [-0.2, -0.15) is 0 Å². The molecule has 1 aromatic rings. The van der Waals surface area contributed by atoms with Gasteiger partial charge in [0.25, 0.3) is 0 Å². The van der Waals surface area contributed by atoms with E-state index in [1.54, 1.807) is 0 Å². The molecule has 4 nitrogen and oxygen atoms in total. The Morgan fingerprint density at radius 1 is 1.30 bits per heavy atom. The Balaban J connectivity index is 2.20. The molecule has 0 unspecified atom stereocenters. The molecular formula is C15H20FNO3. The van der Waals surface area contributed by atoms with E-state index in [0.29, 0.717) is 18.0 Å². The third-order valence-corrected chi connectivity index (χ3v) is 4.51. The molecule has 3 rings (SSSR count). The molecule has 110 valence electrons. The third kappa shape index (κ3) is 1.92. The first-order valence-electron chi connectivity index (χ1n) is 7.08. The van der Waals surface area contributed by atoms with Gasteiger partial charge in [-0.05, 0) is 12.8 Å².